The molecule has 2 bridgehead atoms. The molecule has 2 aromatic carbocycles. The van der Waals surface area contributed by atoms with E-state index in [-0.39, 0.29) is 31.0 Å². The van der Waals surface area contributed by atoms with Gasteiger partial charge in [0.1, 0.15) is 11.6 Å². The number of benzene rings is 2. The average Bonchev–Trinajstić information content (AvgIpc) is 3.60. The van der Waals surface area contributed by atoms with Gasteiger partial charge in [-0.25, -0.2) is 8.78 Å². The van der Waals surface area contributed by atoms with Crippen molar-refractivity contribution in [3.05, 3.63) is 76.9 Å². The van der Waals surface area contributed by atoms with E-state index < -0.39 is 23.8 Å². The third kappa shape index (κ3) is 6.70. The molecular weight excluding hydrogens is 538 g/mol. The number of aliphatic hydroxyl groups is 1. The smallest absolute Gasteiger partial charge is 0.220 e. The number of fused-ring (bicyclic) bond motifs is 6. The molecule has 2 unspecified atom stereocenters. The maximum atomic E-state index is 13.9. The highest BCUT2D eigenvalue weighted by atomic mass is 19.1. The molecule has 2 fully saturated rings. The van der Waals surface area contributed by atoms with E-state index in [4.69, 9.17) is 4.74 Å². The largest absolute Gasteiger partial charge is 0.390 e. The molecule has 42 heavy (non-hydrogen) atoms. The van der Waals surface area contributed by atoms with Gasteiger partial charge in [0.2, 0.25) is 5.91 Å². The summed E-state index contributed by atoms with van der Waals surface area (Å²) in [5.41, 5.74) is 3.96. The molecule has 3 N–H and O–H groups in total. The summed E-state index contributed by atoms with van der Waals surface area (Å²) in [6.45, 7) is 5.15. The zero-order valence-corrected chi connectivity index (χ0v) is 24.3. The van der Waals surface area contributed by atoms with Crippen LogP contribution < -0.4 is 15.5 Å². The van der Waals surface area contributed by atoms with Crippen LogP contribution in [0.4, 0.5) is 14.5 Å². The number of rotatable bonds is 3. The Morgan fingerprint density at radius 3 is 2.52 bits per heavy atom. The van der Waals surface area contributed by atoms with Crippen LogP contribution in [-0.4, -0.2) is 74.4 Å². The highest BCUT2D eigenvalue weighted by molar-refractivity contribution is 5.76. The summed E-state index contributed by atoms with van der Waals surface area (Å²) in [7, 11) is 2.20. The Morgan fingerprint density at radius 1 is 1.00 bits per heavy atom. The van der Waals surface area contributed by atoms with E-state index in [0.717, 1.165) is 45.1 Å². The summed E-state index contributed by atoms with van der Waals surface area (Å²) in [5, 5.41) is 17.8. The minimum atomic E-state index is -0.963. The van der Waals surface area contributed by atoms with Crippen molar-refractivity contribution in [2.45, 2.75) is 56.4 Å². The van der Waals surface area contributed by atoms with Crippen molar-refractivity contribution in [3.63, 3.8) is 0 Å². The van der Waals surface area contributed by atoms with Crippen molar-refractivity contribution in [1.29, 1.82) is 0 Å². The zero-order valence-electron chi connectivity index (χ0n) is 24.3. The number of β-amino-alcohol motifs (C(OH)–C–C–N with tert-alkyl or cyclic N) is 1. The van der Waals surface area contributed by atoms with Crippen LogP contribution in [0.5, 0.6) is 0 Å². The van der Waals surface area contributed by atoms with Gasteiger partial charge in [-0.2, -0.15) is 0 Å². The number of nitrogens with one attached hydrogen (secondary N) is 2. The van der Waals surface area contributed by atoms with Crippen molar-refractivity contribution in [2.24, 2.45) is 11.8 Å². The Kier molecular flexibility index (Phi) is 8.90. The number of hydrogen-bond acceptors (Lipinski definition) is 6. The van der Waals surface area contributed by atoms with E-state index in [0.29, 0.717) is 36.8 Å². The van der Waals surface area contributed by atoms with Gasteiger partial charge in [-0.15, -0.1) is 0 Å². The number of hydrogen-bond donors (Lipinski definition) is 3. The topological polar surface area (TPSA) is 77.1 Å². The second-order valence-corrected chi connectivity index (χ2v) is 12.6. The van der Waals surface area contributed by atoms with Gasteiger partial charge in [-0.3, -0.25) is 4.79 Å². The fourth-order valence-electron chi connectivity index (χ4n) is 7.30. The second-order valence-electron chi connectivity index (χ2n) is 12.6. The molecule has 1 aliphatic carbocycles. The minimum absolute atomic E-state index is 0.0345. The lowest BCUT2D eigenvalue weighted by Gasteiger charge is -2.27. The molecule has 0 spiro atoms. The predicted molar refractivity (Wildman–Crippen MR) is 158 cm³/mol. The van der Waals surface area contributed by atoms with Gasteiger partial charge in [-0.1, -0.05) is 18.2 Å². The SMILES string of the molecule is CN1CC2CN(c3ccc4c(c3)[C@@H]3C[C@H]4OC/C=C/CCCC(=O)N[C@@H](Cc4cc(F)cc(F)c4)[C@H](O)CN3)CC2C1. The predicted octanol–water partition coefficient (Wildman–Crippen LogP) is 3.88. The molecule has 6 rings (SSSR count). The van der Waals surface area contributed by atoms with Crippen molar-refractivity contribution < 1.29 is 23.4 Å². The van der Waals surface area contributed by atoms with E-state index in [2.05, 4.69) is 45.7 Å². The first kappa shape index (κ1) is 29.2. The molecule has 1 amide bonds. The lowest BCUT2D eigenvalue weighted by atomic mass is 9.99. The van der Waals surface area contributed by atoms with Crippen LogP contribution in [-0.2, 0) is 16.0 Å². The van der Waals surface area contributed by atoms with Gasteiger partial charge in [0.25, 0.3) is 0 Å². The average molecular weight is 581 g/mol. The van der Waals surface area contributed by atoms with Crippen LogP contribution in [0.25, 0.3) is 0 Å². The summed E-state index contributed by atoms with van der Waals surface area (Å²) in [5.74, 6) is -0.137. The molecule has 2 aromatic rings. The van der Waals surface area contributed by atoms with E-state index in [9.17, 15) is 18.7 Å². The monoisotopic (exact) mass is 580 g/mol. The van der Waals surface area contributed by atoms with Crippen molar-refractivity contribution in [2.75, 3.05) is 51.3 Å². The third-order valence-electron chi connectivity index (χ3n) is 9.37. The quantitative estimate of drug-likeness (QED) is 0.479. The molecule has 0 saturated carbocycles. The molecule has 6 atom stereocenters. The minimum Gasteiger partial charge on any atom is -0.390 e. The van der Waals surface area contributed by atoms with Crippen LogP contribution in [0.3, 0.4) is 0 Å². The number of amides is 1. The Labute approximate surface area is 246 Å². The first-order valence-corrected chi connectivity index (χ1v) is 15.3. The summed E-state index contributed by atoms with van der Waals surface area (Å²) in [6, 6.07) is 9.30. The molecule has 2 saturated heterocycles. The van der Waals surface area contributed by atoms with Gasteiger partial charge < -0.3 is 30.3 Å². The van der Waals surface area contributed by atoms with E-state index in [1.54, 1.807) is 0 Å². The number of aliphatic hydroxyl groups excluding tert-OH is 1. The van der Waals surface area contributed by atoms with Crippen LogP contribution in [0.15, 0.2) is 48.6 Å². The Balaban J connectivity index is 1.22. The number of carbonyl (C=O) groups excluding carboxylic acids is 1. The van der Waals surface area contributed by atoms with Gasteiger partial charge in [0.15, 0.2) is 0 Å². The highest BCUT2D eigenvalue weighted by Crippen LogP contribution is 2.44. The van der Waals surface area contributed by atoms with Gasteiger partial charge >= 0.3 is 0 Å². The van der Waals surface area contributed by atoms with Gasteiger partial charge in [0.05, 0.1) is 24.9 Å². The molecule has 4 aliphatic rings. The van der Waals surface area contributed by atoms with Crippen LogP contribution in [0.2, 0.25) is 0 Å². The maximum absolute atomic E-state index is 13.9. The number of allylic oxidation sites excluding steroid dienone is 1. The molecule has 9 heteroatoms. The Hall–Kier alpha value is -2.85. The Morgan fingerprint density at radius 2 is 1.76 bits per heavy atom. The number of nitrogens with zero attached hydrogens (tertiary/aromatic N) is 2. The van der Waals surface area contributed by atoms with Crippen LogP contribution >= 0.6 is 0 Å². The van der Waals surface area contributed by atoms with Crippen molar-refractivity contribution >= 4 is 11.6 Å². The lowest BCUT2D eigenvalue weighted by Crippen LogP contribution is -2.49. The normalized spacial score (nSPS) is 31.5. The summed E-state index contributed by atoms with van der Waals surface area (Å²) < 4.78 is 34.1. The van der Waals surface area contributed by atoms with E-state index in [1.165, 1.54) is 28.9 Å². The molecule has 0 radical (unpaired) electrons. The van der Waals surface area contributed by atoms with Crippen LogP contribution in [0.1, 0.15) is 54.5 Å². The summed E-state index contributed by atoms with van der Waals surface area (Å²) in [4.78, 5) is 17.7. The molecule has 3 heterocycles. The summed E-state index contributed by atoms with van der Waals surface area (Å²) in [6.07, 6.45) is 5.58. The van der Waals surface area contributed by atoms with Gasteiger partial charge in [0, 0.05) is 56.9 Å². The molecule has 226 valence electrons. The number of halogens is 2. The van der Waals surface area contributed by atoms with Crippen molar-refractivity contribution in [3.8, 4) is 0 Å². The van der Waals surface area contributed by atoms with E-state index >= 15 is 0 Å². The number of anilines is 1. The first-order chi connectivity index (χ1) is 20.3. The lowest BCUT2D eigenvalue weighted by molar-refractivity contribution is -0.122. The first-order valence-electron chi connectivity index (χ1n) is 15.3. The molecule has 3 aliphatic heterocycles. The number of carbonyl (C=O) groups is 1. The zero-order chi connectivity index (χ0) is 29.2. The van der Waals surface area contributed by atoms with Crippen LogP contribution in [0, 0.1) is 23.5 Å². The fourth-order valence-corrected chi connectivity index (χ4v) is 7.30. The standard InChI is InChI=1S/C33H42F2N4O3/c1-38-17-22-19-39(20-23(22)18-38)26-7-8-27-28(14-26)29-15-32(27)42-9-5-3-2-4-6-33(41)37-30(31(40)16-36-29)12-21-10-24(34)13-25(35)11-21/h3,5,7-8,10-11,13-14,22-23,29-32,36,40H,2,4,6,9,12,15-20H2,1H3,(H,37,41)/b5-3+/t22?,23?,29-,30-,31+,32+/m0/s1. The van der Waals surface area contributed by atoms with E-state index in [1.807, 2.05) is 12.2 Å². The number of ether oxygens (including phenoxy) is 1. The maximum Gasteiger partial charge on any atom is 0.220 e. The summed E-state index contributed by atoms with van der Waals surface area (Å²) >= 11 is 0. The fraction of sp³-hybridized carbons (Fsp3) is 0.545. The highest BCUT2D eigenvalue weighted by Gasteiger charge is 2.40. The number of likely N-dealkylation sites (tertiary alicyclic amines) is 1. The third-order valence-corrected chi connectivity index (χ3v) is 9.37. The second kappa shape index (κ2) is 12.8. The van der Waals surface area contributed by atoms with Gasteiger partial charge in [-0.05, 0) is 85.5 Å². The van der Waals surface area contributed by atoms with Crippen molar-refractivity contribution in [1.82, 2.24) is 15.5 Å². The molecule has 0 aromatic heterocycles. The molecular formula is C33H42F2N4O3. The Bertz CT molecular complexity index is 1270. The molecule has 7 nitrogen and oxygen atoms in total.